The van der Waals surface area contributed by atoms with Crippen LogP contribution in [0.3, 0.4) is 0 Å². The average molecular weight is 416 g/mol. The van der Waals surface area contributed by atoms with Gasteiger partial charge < -0.3 is 0 Å². The Kier molecular flexibility index (Phi) is 5.44. The third-order valence-electron chi connectivity index (χ3n) is 4.27. The predicted octanol–water partition coefficient (Wildman–Crippen LogP) is 5.80. The van der Waals surface area contributed by atoms with Gasteiger partial charge in [0.25, 0.3) is 0 Å². The molecule has 0 aliphatic heterocycles. The third-order valence-corrected chi connectivity index (χ3v) is 66.5. The first kappa shape index (κ1) is 18.7. The van der Waals surface area contributed by atoms with E-state index >= 15 is 0 Å². The normalized spacial score (nSPS) is 16.2. The molecule has 0 radical (unpaired) electrons. The minimum atomic E-state index is -2.51. The van der Waals surface area contributed by atoms with E-state index < -0.39 is 41.5 Å². The first-order chi connectivity index (χ1) is 7.00. The van der Waals surface area contributed by atoms with Gasteiger partial charge in [0.1, 0.15) is 0 Å². The second-order valence-corrected chi connectivity index (χ2v) is 47.4. The van der Waals surface area contributed by atoms with Crippen LogP contribution in [-0.2, 0) is 0 Å². The van der Waals surface area contributed by atoms with Crippen LogP contribution in [0.1, 0.15) is 0 Å². The number of halogens is 1. The van der Waals surface area contributed by atoms with Gasteiger partial charge in [0.05, 0.1) is 0 Å². The van der Waals surface area contributed by atoms with Crippen molar-refractivity contribution in [3.05, 3.63) is 0 Å². The Labute approximate surface area is 121 Å². The van der Waals surface area contributed by atoms with Crippen LogP contribution >= 0.6 is 8.92 Å². The van der Waals surface area contributed by atoms with Crippen LogP contribution in [0.4, 0.5) is 0 Å². The van der Waals surface area contributed by atoms with Crippen LogP contribution in [0, 0.1) is 0 Å². The molecule has 0 unspecified atom stereocenters. The molecule has 0 aliphatic rings. The summed E-state index contributed by atoms with van der Waals surface area (Å²) in [5.74, 6) is 0. The number of rotatable bonds is 4. The van der Waals surface area contributed by atoms with Gasteiger partial charge in [-0.15, -0.1) is 0 Å². The molecule has 0 N–H and O–H groups in total. The first-order valence-corrected chi connectivity index (χ1v) is 27.9. The summed E-state index contributed by atoms with van der Waals surface area (Å²) in [6.45, 7) is 23.3. The summed E-state index contributed by atoms with van der Waals surface area (Å²) in [4.78, 5) is 4.98. The summed E-state index contributed by atoms with van der Waals surface area (Å²) >= 11 is -2.51. The van der Waals surface area contributed by atoms with Gasteiger partial charge in [-0.3, -0.25) is 0 Å². The van der Waals surface area contributed by atoms with Gasteiger partial charge in [-0.05, 0) is 0 Å². The van der Waals surface area contributed by atoms with Gasteiger partial charge in [-0.2, -0.15) is 0 Å². The van der Waals surface area contributed by atoms with Crippen molar-refractivity contribution < 1.29 is 0 Å². The van der Waals surface area contributed by atoms with Crippen molar-refractivity contribution >= 4 is 50.4 Å². The van der Waals surface area contributed by atoms with E-state index in [0.29, 0.717) is 2.30 Å². The molecule has 0 amide bonds. The molecular weight excluding hydrogens is 383 g/mol. The molecule has 0 saturated carbocycles. The van der Waals surface area contributed by atoms with Gasteiger partial charge in [0.15, 0.2) is 0 Å². The van der Waals surface area contributed by atoms with Gasteiger partial charge >= 0.3 is 121 Å². The molecule has 0 aromatic rings. The molecular formula is C12H33ClSi3Sn. The molecule has 0 saturated heterocycles. The van der Waals surface area contributed by atoms with Gasteiger partial charge in [-0.1, -0.05) is 0 Å². The van der Waals surface area contributed by atoms with Crippen molar-refractivity contribution in [2.45, 2.75) is 71.1 Å². The molecule has 0 fully saturated rings. The molecule has 0 atom stereocenters. The predicted molar refractivity (Wildman–Crippen MR) is 96.1 cm³/mol. The second kappa shape index (κ2) is 4.93. The summed E-state index contributed by atoms with van der Waals surface area (Å²) in [5, 5.41) is 0. The van der Waals surface area contributed by atoms with Crippen molar-refractivity contribution in [3.8, 4) is 0 Å². The summed E-state index contributed by atoms with van der Waals surface area (Å²) in [6, 6.07) is 0. The molecule has 17 heavy (non-hydrogen) atoms. The van der Waals surface area contributed by atoms with Crippen LogP contribution < -0.4 is 0 Å². The Morgan fingerprint density at radius 1 is 0.647 bits per heavy atom. The third kappa shape index (κ3) is 3.09. The van der Waals surface area contributed by atoms with Crippen molar-refractivity contribution in [1.29, 1.82) is 0 Å². The summed E-state index contributed by atoms with van der Waals surface area (Å²) in [7, 11) is 3.45. The Hall–Kier alpha value is 1.74. The van der Waals surface area contributed by atoms with E-state index in [1.807, 2.05) is 0 Å². The van der Waals surface area contributed by atoms with E-state index in [2.05, 4.69) is 68.8 Å². The molecule has 0 aromatic carbocycles. The summed E-state index contributed by atoms with van der Waals surface area (Å²) in [6.07, 6.45) is 0. The van der Waals surface area contributed by atoms with Gasteiger partial charge in [0, 0.05) is 0 Å². The Bertz CT molecular complexity index is 215. The molecule has 5 heteroatoms. The van der Waals surface area contributed by atoms with Gasteiger partial charge in [-0.25, -0.2) is 0 Å². The topological polar surface area (TPSA) is 0 Å². The van der Waals surface area contributed by atoms with E-state index in [9.17, 15) is 0 Å². The Morgan fingerprint density at radius 3 is 0.824 bits per heavy atom. The van der Waals surface area contributed by atoms with E-state index in [1.54, 1.807) is 0 Å². The molecule has 0 spiro atoms. The molecule has 0 aromatic heterocycles. The zero-order valence-corrected chi connectivity index (χ0v) is 20.5. The van der Waals surface area contributed by atoms with Crippen molar-refractivity contribution in [2.75, 3.05) is 0 Å². The maximum atomic E-state index is 7.22. The molecule has 0 bridgehead atoms. The van der Waals surface area contributed by atoms with Crippen LogP contribution in [-0.4, -0.2) is 41.5 Å². The zero-order valence-electron chi connectivity index (χ0n) is 13.9. The molecule has 0 nitrogen and oxygen atoms in total. The minimum absolute atomic E-state index is 0.642. The SMILES string of the molecule is C[Si](C)(C)[C]([Si](C)(C)C)([Si](C)(C)C)[Sn]([CH3])([CH3])[Cl]. The fourth-order valence-corrected chi connectivity index (χ4v) is 101. The molecule has 0 aliphatic carbocycles. The standard InChI is InChI=1S/C10H27Si3.2CH3.ClH.Sn/c1-11(2,3)10(12(4,5)6)13(7,8)9;;;;/h1-9H3;2*1H3;1H;/q;;;;+1/p-1. The van der Waals surface area contributed by atoms with Crippen LogP contribution in [0.5, 0.6) is 0 Å². The fourth-order valence-electron chi connectivity index (χ4n) is 6.05. The van der Waals surface area contributed by atoms with Crippen LogP contribution in [0.2, 0.25) is 71.1 Å². The van der Waals surface area contributed by atoms with Crippen LogP contribution in [0.25, 0.3) is 0 Å². The van der Waals surface area contributed by atoms with Crippen molar-refractivity contribution in [2.24, 2.45) is 0 Å². The molecule has 0 rings (SSSR count). The molecule has 0 heterocycles. The van der Waals surface area contributed by atoms with E-state index in [4.69, 9.17) is 8.92 Å². The van der Waals surface area contributed by atoms with E-state index in [0.717, 1.165) is 0 Å². The quantitative estimate of drug-likeness (QED) is 0.509. The Balaban J connectivity index is 6.37. The zero-order chi connectivity index (χ0) is 14.5. The Morgan fingerprint density at radius 2 is 0.824 bits per heavy atom. The summed E-state index contributed by atoms with van der Waals surface area (Å²) < 4.78 is 0.642. The molecule has 104 valence electrons. The number of hydrogen-bond acceptors (Lipinski definition) is 0. The van der Waals surface area contributed by atoms with Crippen LogP contribution in [0.15, 0.2) is 0 Å². The van der Waals surface area contributed by atoms with Gasteiger partial charge in [0.2, 0.25) is 0 Å². The summed E-state index contributed by atoms with van der Waals surface area (Å²) in [5.41, 5.74) is 0. The van der Waals surface area contributed by atoms with Crippen molar-refractivity contribution in [3.63, 3.8) is 0 Å². The van der Waals surface area contributed by atoms with E-state index in [1.165, 1.54) is 0 Å². The number of hydrogen-bond donors (Lipinski definition) is 0. The first-order valence-electron chi connectivity index (χ1n) is 6.69. The fraction of sp³-hybridized carbons (Fsp3) is 1.00. The maximum absolute atomic E-state index is 7.22. The van der Waals surface area contributed by atoms with Crippen molar-refractivity contribution in [1.82, 2.24) is 0 Å². The monoisotopic (exact) mass is 416 g/mol. The average Bonchev–Trinajstić information content (AvgIpc) is 1.67. The second-order valence-electron chi connectivity index (χ2n) is 8.97. The van der Waals surface area contributed by atoms with E-state index in [-0.39, 0.29) is 0 Å².